The minimum atomic E-state index is -0.956. The second-order valence-electron chi connectivity index (χ2n) is 3.77. The normalized spacial score (nSPS) is 10.1. The highest BCUT2D eigenvalue weighted by Gasteiger charge is 2.05. The summed E-state index contributed by atoms with van der Waals surface area (Å²) in [5.74, 6) is 0.521. The van der Waals surface area contributed by atoms with Crippen LogP contribution < -0.4 is 4.74 Å². The lowest BCUT2D eigenvalue weighted by molar-refractivity contribution is -0.136. The van der Waals surface area contributed by atoms with Crippen molar-refractivity contribution in [1.82, 2.24) is 9.97 Å². The van der Waals surface area contributed by atoms with Crippen molar-refractivity contribution in [3.63, 3.8) is 0 Å². The molecule has 92 valence electrons. The molecule has 1 N–H and O–H groups in total. The van der Waals surface area contributed by atoms with Crippen molar-refractivity contribution >= 4 is 5.97 Å². The van der Waals surface area contributed by atoms with Gasteiger partial charge in [-0.15, -0.1) is 0 Å². The largest absolute Gasteiger partial charge is 0.481 e. The number of nitrogens with zero attached hydrogens (tertiary/aromatic N) is 2. The molecule has 5 heteroatoms. The van der Waals surface area contributed by atoms with Crippen molar-refractivity contribution < 1.29 is 14.6 Å². The molecular weight excluding hydrogens is 232 g/mol. The van der Waals surface area contributed by atoms with Gasteiger partial charge in [0, 0.05) is 0 Å². The summed E-state index contributed by atoms with van der Waals surface area (Å²) in [6.45, 7) is 1.94. The number of para-hydroxylation sites is 1. The molecule has 2 rings (SSSR count). The number of carbonyl (C=O) groups is 1. The SMILES string of the molecule is Cc1ccccc1Oc1cnc(CC(=O)O)nc1. The lowest BCUT2D eigenvalue weighted by atomic mass is 10.2. The Kier molecular flexibility index (Phi) is 3.52. The maximum absolute atomic E-state index is 10.5. The zero-order chi connectivity index (χ0) is 13.0. The molecule has 0 aliphatic heterocycles. The number of carboxylic acid groups (broad SMARTS) is 1. The molecule has 0 unspecified atom stereocenters. The molecule has 0 radical (unpaired) electrons. The maximum atomic E-state index is 10.5. The highest BCUT2D eigenvalue weighted by Crippen LogP contribution is 2.23. The average Bonchev–Trinajstić information content (AvgIpc) is 2.34. The van der Waals surface area contributed by atoms with Gasteiger partial charge in [-0.25, -0.2) is 9.97 Å². The van der Waals surface area contributed by atoms with E-state index >= 15 is 0 Å². The van der Waals surface area contributed by atoms with Crippen LogP contribution in [-0.2, 0) is 11.2 Å². The van der Waals surface area contributed by atoms with Crippen LogP contribution >= 0.6 is 0 Å². The summed E-state index contributed by atoms with van der Waals surface area (Å²) in [4.78, 5) is 18.3. The minimum Gasteiger partial charge on any atom is -0.481 e. The summed E-state index contributed by atoms with van der Waals surface area (Å²) >= 11 is 0. The van der Waals surface area contributed by atoms with Crippen LogP contribution in [-0.4, -0.2) is 21.0 Å². The van der Waals surface area contributed by atoms with Gasteiger partial charge in [-0.1, -0.05) is 18.2 Å². The standard InChI is InChI=1S/C13H12N2O3/c1-9-4-2-3-5-11(9)18-10-7-14-12(15-8-10)6-13(16)17/h2-5,7-8H,6H2,1H3,(H,16,17). The Balaban J connectivity index is 2.11. The fourth-order valence-electron chi connectivity index (χ4n) is 1.42. The topological polar surface area (TPSA) is 72.3 Å². The van der Waals surface area contributed by atoms with E-state index in [1.807, 2.05) is 31.2 Å². The Hall–Kier alpha value is -2.43. The van der Waals surface area contributed by atoms with Crippen molar-refractivity contribution in [2.24, 2.45) is 0 Å². The molecule has 1 heterocycles. The van der Waals surface area contributed by atoms with Gasteiger partial charge < -0.3 is 9.84 Å². The molecule has 0 saturated carbocycles. The first-order valence-corrected chi connectivity index (χ1v) is 5.41. The Labute approximate surface area is 104 Å². The van der Waals surface area contributed by atoms with Gasteiger partial charge in [0.05, 0.1) is 12.4 Å². The Morgan fingerprint density at radius 1 is 1.28 bits per heavy atom. The van der Waals surface area contributed by atoms with E-state index in [1.165, 1.54) is 12.4 Å². The molecule has 0 spiro atoms. The quantitative estimate of drug-likeness (QED) is 0.892. The second kappa shape index (κ2) is 5.27. The molecule has 0 saturated heterocycles. The monoisotopic (exact) mass is 244 g/mol. The van der Waals surface area contributed by atoms with Gasteiger partial charge in [0.25, 0.3) is 0 Å². The number of hydrogen-bond acceptors (Lipinski definition) is 4. The third-order valence-corrected chi connectivity index (χ3v) is 2.31. The van der Waals surface area contributed by atoms with Crippen molar-refractivity contribution in [2.45, 2.75) is 13.3 Å². The van der Waals surface area contributed by atoms with E-state index in [2.05, 4.69) is 9.97 Å². The van der Waals surface area contributed by atoms with E-state index in [0.717, 1.165) is 11.3 Å². The van der Waals surface area contributed by atoms with Crippen molar-refractivity contribution in [2.75, 3.05) is 0 Å². The van der Waals surface area contributed by atoms with Gasteiger partial charge >= 0.3 is 5.97 Å². The highest BCUT2D eigenvalue weighted by molar-refractivity contribution is 5.68. The van der Waals surface area contributed by atoms with Gasteiger partial charge in [-0.2, -0.15) is 0 Å². The number of carboxylic acids is 1. The Bertz CT molecular complexity index is 552. The van der Waals surface area contributed by atoms with Crippen LogP contribution in [0.3, 0.4) is 0 Å². The van der Waals surface area contributed by atoms with Crippen LogP contribution in [0.2, 0.25) is 0 Å². The van der Waals surface area contributed by atoms with Gasteiger partial charge in [0.1, 0.15) is 18.0 Å². The molecular formula is C13H12N2O3. The van der Waals surface area contributed by atoms with Crippen molar-refractivity contribution in [1.29, 1.82) is 0 Å². The first kappa shape index (κ1) is 12.0. The van der Waals surface area contributed by atoms with Crippen molar-refractivity contribution in [3.8, 4) is 11.5 Å². The molecule has 18 heavy (non-hydrogen) atoms. The van der Waals surface area contributed by atoms with Crippen LogP contribution in [0.25, 0.3) is 0 Å². The fourth-order valence-corrected chi connectivity index (χ4v) is 1.42. The lowest BCUT2D eigenvalue weighted by Crippen LogP contribution is -2.04. The molecule has 1 aromatic heterocycles. The predicted octanol–water partition coefficient (Wildman–Crippen LogP) is 2.20. The molecule has 1 aromatic carbocycles. The summed E-state index contributed by atoms with van der Waals surface area (Å²) in [5, 5.41) is 8.60. The molecule has 5 nitrogen and oxygen atoms in total. The Morgan fingerprint density at radius 2 is 1.94 bits per heavy atom. The third-order valence-electron chi connectivity index (χ3n) is 2.31. The average molecular weight is 244 g/mol. The third kappa shape index (κ3) is 3.04. The van der Waals surface area contributed by atoms with Crippen LogP contribution in [0.1, 0.15) is 11.4 Å². The molecule has 2 aromatic rings. The van der Waals surface area contributed by atoms with E-state index < -0.39 is 5.97 Å². The van der Waals surface area contributed by atoms with Crippen molar-refractivity contribution in [3.05, 3.63) is 48.0 Å². The van der Waals surface area contributed by atoms with Crippen LogP contribution in [0.5, 0.6) is 11.5 Å². The van der Waals surface area contributed by atoms with Gasteiger partial charge in [-0.05, 0) is 18.6 Å². The molecule has 0 amide bonds. The summed E-state index contributed by atoms with van der Waals surface area (Å²) in [5.41, 5.74) is 1.01. The van der Waals surface area contributed by atoms with Crippen LogP contribution in [0.15, 0.2) is 36.7 Å². The maximum Gasteiger partial charge on any atom is 0.311 e. The zero-order valence-corrected chi connectivity index (χ0v) is 9.83. The fraction of sp³-hybridized carbons (Fsp3) is 0.154. The minimum absolute atomic E-state index is 0.190. The first-order valence-electron chi connectivity index (χ1n) is 5.41. The molecule has 0 atom stereocenters. The summed E-state index contributed by atoms with van der Waals surface area (Å²) in [6.07, 6.45) is 2.75. The first-order chi connectivity index (χ1) is 8.65. The number of aromatic nitrogens is 2. The summed E-state index contributed by atoms with van der Waals surface area (Å²) < 4.78 is 5.60. The van der Waals surface area contributed by atoms with E-state index in [9.17, 15) is 4.79 Å². The van der Waals surface area contributed by atoms with Crippen LogP contribution in [0.4, 0.5) is 0 Å². The van der Waals surface area contributed by atoms with E-state index in [0.29, 0.717) is 5.75 Å². The number of benzene rings is 1. The van der Waals surface area contributed by atoms with Crippen LogP contribution in [0, 0.1) is 6.92 Å². The number of rotatable bonds is 4. The summed E-state index contributed by atoms with van der Waals surface area (Å²) in [6, 6.07) is 7.59. The number of ether oxygens (including phenoxy) is 1. The molecule has 0 aliphatic carbocycles. The summed E-state index contributed by atoms with van der Waals surface area (Å²) in [7, 11) is 0. The smallest absolute Gasteiger partial charge is 0.311 e. The predicted molar refractivity (Wildman–Crippen MR) is 64.6 cm³/mol. The van der Waals surface area contributed by atoms with Gasteiger partial charge in [-0.3, -0.25) is 4.79 Å². The van der Waals surface area contributed by atoms with E-state index in [-0.39, 0.29) is 12.2 Å². The van der Waals surface area contributed by atoms with Gasteiger partial charge in [0.2, 0.25) is 0 Å². The lowest BCUT2D eigenvalue weighted by Gasteiger charge is -2.07. The van der Waals surface area contributed by atoms with E-state index in [1.54, 1.807) is 0 Å². The van der Waals surface area contributed by atoms with Gasteiger partial charge in [0.15, 0.2) is 5.75 Å². The van der Waals surface area contributed by atoms with E-state index in [4.69, 9.17) is 9.84 Å². The molecule has 0 fully saturated rings. The Morgan fingerprint density at radius 3 is 2.56 bits per heavy atom. The number of aryl methyl sites for hydroxylation is 1. The second-order valence-corrected chi connectivity index (χ2v) is 3.77. The highest BCUT2D eigenvalue weighted by atomic mass is 16.5. The zero-order valence-electron chi connectivity index (χ0n) is 9.83. The molecule has 0 aliphatic rings. The number of aliphatic carboxylic acids is 1. The molecule has 0 bridgehead atoms. The number of hydrogen-bond donors (Lipinski definition) is 1.